The van der Waals surface area contributed by atoms with Gasteiger partial charge >= 0.3 is 5.97 Å². The highest BCUT2D eigenvalue weighted by Gasteiger charge is 2.29. The highest BCUT2D eigenvalue weighted by Crippen LogP contribution is 2.25. The molecule has 9 heteroatoms. The average Bonchev–Trinajstić information content (AvgIpc) is 2.84. The maximum Gasteiger partial charge on any atom is 0.324 e. The standard InChI is InChI=1S/C12H12ClN3O4S/c1-8-11(6-14-15-8)21(19,20)16(7-12(17)18)10-4-2-9(13)3-5-10/h2-6H,7H2,1H3,(H,14,15)(H,17,18). The number of carboxylic acids is 1. The van der Waals surface area contributed by atoms with Crippen molar-refractivity contribution in [3.8, 4) is 0 Å². The van der Waals surface area contributed by atoms with Crippen LogP contribution in [0.1, 0.15) is 5.69 Å². The van der Waals surface area contributed by atoms with Crippen LogP contribution in [0.25, 0.3) is 0 Å². The number of H-pyrrole nitrogens is 1. The van der Waals surface area contributed by atoms with Gasteiger partial charge < -0.3 is 5.11 Å². The van der Waals surface area contributed by atoms with Gasteiger partial charge in [-0.15, -0.1) is 0 Å². The molecule has 1 heterocycles. The number of aromatic nitrogens is 2. The fourth-order valence-electron chi connectivity index (χ4n) is 1.76. The van der Waals surface area contributed by atoms with E-state index in [-0.39, 0.29) is 10.6 Å². The van der Waals surface area contributed by atoms with E-state index >= 15 is 0 Å². The van der Waals surface area contributed by atoms with Crippen LogP contribution in [0, 0.1) is 6.92 Å². The Morgan fingerprint density at radius 2 is 2.00 bits per heavy atom. The van der Waals surface area contributed by atoms with E-state index in [9.17, 15) is 13.2 Å². The SMILES string of the molecule is Cc1[nH]ncc1S(=O)(=O)N(CC(=O)O)c1ccc(Cl)cc1. The van der Waals surface area contributed by atoms with Crippen molar-refractivity contribution in [2.24, 2.45) is 0 Å². The highest BCUT2D eigenvalue weighted by atomic mass is 35.5. The number of aromatic amines is 1. The number of carboxylic acid groups (broad SMARTS) is 1. The minimum atomic E-state index is -4.03. The molecule has 0 aliphatic carbocycles. The topological polar surface area (TPSA) is 103 Å². The third-order valence-corrected chi connectivity index (χ3v) is 4.88. The number of rotatable bonds is 5. The van der Waals surface area contributed by atoms with E-state index in [4.69, 9.17) is 16.7 Å². The van der Waals surface area contributed by atoms with Gasteiger partial charge in [-0.25, -0.2) is 8.42 Å². The Bertz CT molecular complexity index is 755. The molecule has 0 atom stereocenters. The van der Waals surface area contributed by atoms with Crippen molar-refractivity contribution in [1.29, 1.82) is 0 Å². The number of benzene rings is 1. The van der Waals surface area contributed by atoms with E-state index in [2.05, 4.69) is 10.2 Å². The summed E-state index contributed by atoms with van der Waals surface area (Å²) in [6.07, 6.45) is 1.15. The van der Waals surface area contributed by atoms with Gasteiger partial charge in [-0.2, -0.15) is 5.10 Å². The molecule has 0 fully saturated rings. The molecule has 21 heavy (non-hydrogen) atoms. The number of aryl methyl sites for hydroxylation is 1. The first-order chi connectivity index (χ1) is 9.82. The Hall–Kier alpha value is -2.06. The lowest BCUT2D eigenvalue weighted by atomic mass is 10.3. The molecule has 1 aromatic heterocycles. The third-order valence-electron chi connectivity index (χ3n) is 2.75. The normalized spacial score (nSPS) is 11.3. The zero-order chi connectivity index (χ0) is 15.6. The van der Waals surface area contributed by atoms with Gasteiger partial charge in [-0.1, -0.05) is 11.6 Å². The van der Waals surface area contributed by atoms with Crippen LogP contribution in [0.2, 0.25) is 5.02 Å². The summed E-state index contributed by atoms with van der Waals surface area (Å²) in [5, 5.41) is 15.6. The lowest BCUT2D eigenvalue weighted by molar-refractivity contribution is -0.135. The van der Waals surface area contributed by atoms with Crippen molar-refractivity contribution in [3.63, 3.8) is 0 Å². The van der Waals surface area contributed by atoms with Crippen molar-refractivity contribution >= 4 is 33.3 Å². The summed E-state index contributed by atoms with van der Waals surface area (Å²) >= 11 is 5.76. The number of hydrogen-bond donors (Lipinski definition) is 2. The summed E-state index contributed by atoms with van der Waals surface area (Å²) in [6.45, 7) is 0.843. The minimum Gasteiger partial charge on any atom is -0.480 e. The molecule has 2 aromatic rings. The molecule has 0 spiro atoms. The second kappa shape index (κ2) is 5.74. The molecule has 1 aromatic carbocycles. The Labute approximate surface area is 126 Å². The maximum atomic E-state index is 12.6. The van der Waals surface area contributed by atoms with Crippen molar-refractivity contribution in [3.05, 3.63) is 41.2 Å². The second-order valence-corrected chi connectivity index (χ2v) is 6.51. The van der Waals surface area contributed by atoms with Crippen molar-refractivity contribution in [1.82, 2.24) is 10.2 Å². The van der Waals surface area contributed by atoms with Crippen LogP contribution in [0.3, 0.4) is 0 Å². The molecule has 0 aliphatic heterocycles. The molecule has 0 bridgehead atoms. The number of anilines is 1. The fourth-order valence-corrected chi connectivity index (χ4v) is 3.43. The van der Waals surface area contributed by atoms with E-state index in [1.165, 1.54) is 24.3 Å². The zero-order valence-electron chi connectivity index (χ0n) is 10.9. The second-order valence-electron chi connectivity index (χ2n) is 4.24. The molecule has 0 amide bonds. The maximum absolute atomic E-state index is 12.6. The van der Waals surface area contributed by atoms with Gasteiger partial charge in [0.05, 0.1) is 17.6 Å². The Morgan fingerprint density at radius 1 is 1.38 bits per heavy atom. The number of nitrogens with one attached hydrogen (secondary N) is 1. The van der Waals surface area contributed by atoms with Crippen LogP contribution < -0.4 is 4.31 Å². The predicted octanol–water partition coefficient (Wildman–Crippen LogP) is 1.65. The van der Waals surface area contributed by atoms with E-state index in [1.54, 1.807) is 6.92 Å². The summed E-state index contributed by atoms with van der Waals surface area (Å²) < 4.78 is 26.0. The van der Waals surface area contributed by atoms with Crippen molar-refractivity contribution in [2.75, 3.05) is 10.8 Å². The first kappa shape index (κ1) is 15.3. The summed E-state index contributed by atoms with van der Waals surface area (Å²) in [7, 11) is -4.03. The Morgan fingerprint density at radius 3 is 2.48 bits per heavy atom. The average molecular weight is 330 g/mol. The molecular weight excluding hydrogens is 318 g/mol. The van der Waals surface area contributed by atoms with Gasteiger partial charge in [0.1, 0.15) is 11.4 Å². The van der Waals surface area contributed by atoms with Crippen molar-refractivity contribution in [2.45, 2.75) is 11.8 Å². The third kappa shape index (κ3) is 3.17. The smallest absolute Gasteiger partial charge is 0.324 e. The van der Waals surface area contributed by atoms with E-state index in [0.29, 0.717) is 10.7 Å². The number of aliphatic carboxylic acids is 1. The van der Waals surface area contributed by atoms with Crippen LogP contribution in [-0.2, 0) is 14.8 Å². The lowest BCUT2D eigenvalue weighted by Gasteiger charge is -2.22. The number of hydrogen-bond acceptors (Lipinski definition) is 4. The largest absolute Gasteiger partial charge is 0.480 e. The van der Waals surface area contributed by atoms with Gasteiger partial charge in [-0.3, -0.25) is 14.2 Å². The molecule has 0 saturated heterocycles. The van der Waals surface area contributed by atoms with Crippen LogP contribution in [0.4, 0.5) is 5.69 Å². The molecule has 7 nitrogen and oxygen atoms in total. The first-order valence-electron chi connectivity index (χ1n) is 5.82. The quantitative estimate of drug-likeness (QED) is 0.868. The fraction of sp³-hybridized carbons (Fsp3) is 0.167. The molecule has 0 saturated carbocycles. The van der Waals surface area contributed by atoms with Gasteiger partial charge in [-0.05, 0) is 31.2 Å². The van der Waals surface area contributed by atoms with Gasteiger partial charge in [0, 0.05) is 5.02 Å². The molecular formula is C12H12ClN3O4S. The van der Waals surface area contributed by atoms with Crippen LogP contribution in [0.5, 0.6) is 0 Å². The molecule has 112 valence electrons. The summed E-state index contributed by atoms with van der Waals surface area (Å²) in [5.41, 5.74) is 0.543. The van der Waals surface area contributed by atoms with Crippen molar-refractivity contribution < 1.29 is 18.3 Å². The number of sulfonamides is 1. The monoisotopic (exact) mass is 329 g/mol. The van der Waals surface area contributed by atoms with E-state index in [1.807, 2.05) is 0 Å². The lowest BCUT2D eigenvalue weighted by Crippen LogP contribution is -2.35. The predicted molar refractivity (Wildman–Crippen MR) is 76.9 cm³/mol. The Kier molecular flexibility index (Phi) is 4.19. The van der Waals surface area contributed by atoms with E-state index in [0.717, 1.165) is 10.5 Å². The number of carbonyl (C=O) groups is 1. The van der Waals surface area contributed by atoms with Crippen LogP contribution >= 0.6 is 11.6 Å². The summed E-state index contributed by atoms with van der Waals surface area (Å²) in [4.78, 5) is 10.9. The summed E-state index contributed by atoms with van der Waals surface area (Å²) in [6, 6.07) is 5.86. The minimum absolute atomic E-state index is 0.0706. The Balaban J connectivity index is 2.52. The van der Waals surface area contributed by atoms with Gasteiger partial charge in [0.15, 0.2) is 0 Å². The van der Waals surface area contributed by atoms with Gasteiger partial charge in [0.25, 0.3) is 10.0 Å². The highest BCUT2D eigenvalue weighted by molar-refractivity contribution is 7.93. The molecule has 2 N–H and O–H groups in total. The molecule has 0 unspecified atom stereocenters. The van der Waals surface area contributed by atoms with Crippen LogP contribution in [-0.4, -0.2) is 36.2 Å². The van der Waals surface area contributed by atoms with Crippen LogP contribution in [0.15, 0.2) is 35.4 Å². The number of halogens is 1. The number of nitrogens with zero attached hydrogens (tertiary/aromatic N) is 2. The summed E-state index contributed by atoms with van der Waals surface area (Å²) in [5.74, 6) is -1.27. The molecule has 0 aliphatic rings. The van der Waals surface area contributed by atoms with E-state index < -0.39 is 22.5 Å². The molecule has 0 radical (unpaired) electrons. The molecule has 2 rings (SSSR count). The van der Waals surface area contributed by atoms with Gasteiger partial charge in [0.2, 0.25) is 0 Å². The first-order valence-corrected chi connectivity index (χ1v) is 7.64. The zero-order valence-corrected chi connectivity index (χ0v) is 12.5.